The molecule has 0 aromatic rings. The molecule has 2 atom stereocenters. The van der Waals surface area contributed by atoms with Crippen LogP contribution < -0.4 is 5.73 Å². The molecule has 1 fully saturated rings. The van der Waals surface area contributed by atoms with Crippen molar-refractivity contribution in [3.8, 4) is 0 Å². The molecule has 0 unspecified atom stereocenters. The highest BCUT2D eigenvalue weighted by Crippen LogP contribution is 2.09. The van der Waals surface area contributed by atoms with Crippen LogP contribution in [-0.4, -0.2) is 37.3 Å². The summed E-state index contributed by atoms with van der Waals surface area (Å²) in [5.41, 5.74) is 5.44. The lowest BCUT2D eigenvalue weighted by Crippen LogP contribution is -2.46. The zero-order valence-electron chi connectivity index (χ0n) is 6.50. The molecule has 70 valence electrons. The van der Waals surface area contributed by atoms with Crippen molar-refractivity contribution in [1.82, 2.24) is 4.90 Å². The Labute approximate surface area is 79.1 Å². The number of piperidine rings is 1. The van der Waals surface area contributed by atoms with Gasteiger partial charge in [-0.15, -0.1) is 24.8 Å². The van der Waals surface area contributed by atoms with Crippen molar-refractivity contribution in [2.45, 2.75) is 18.6 Å². The summed E-state index contributed by atoms with van der Waals surface area (Å²) in [4.78, 5) is 1.97. The van der Waals surface area contributed by atoms with Gasteiger partial charge in [0.1, 0.15) is 6.17 Å². The maximum atomic E-state index is 12.7. The van der Waals surface area contributed by atoms with Crippen LogP contribution in [0, 0.1) is 0 Å². The smallest absolute Gasteiger partial charge is 0.128 e. The topological polar surface area (TPSA) is 29.3 Å². The Morgan fingerprint density at radius 3 is 2.36 bits per heavy atom. The first-order valence-electron chi connectivity index (χ1n) is 3.28. The Bertz CT molecular complexity index is 105. The van der Waals surface area contributed by atoms with Gasteiger partial charge in [0.25, 0.3) is 0 Å². The fourth-order valence-corrected chi connectivity index (χ4v) is 1.07. The van der Waals surface area contributed by atoms with Crippen LogP contribution in [0.5, 0.6) is 0 Å². The van der Waals surface area contributed by atoms with E-state index in [1.165, 1.54) is 0 Å². The van der Waals surface area contributed by atoms with Gasteiger partial charge in [0.2, 0.25) is 0 Å². The zero-order chi connectivity index (χ0) is 6.85. The quantitative estimate of drug-likeness (QED) is 0.634. The van der Waals surface area contributed by atoms with Gasteiger partial charge >= 0.3 is 0 Å². The minimum atomic E-state index is -0.816. The number of rotatable bonds is 0. The summed E-state index contributed by atoms with van der Waals surface area (Å²) in [7, 11) is 1.92. The summed E-state index contributed by atoms with van der Waals surface area (Å²) in [5, 5.41) is 0. The van der Waals surface area contributed by atoms with Crippen LogP contribution in [0.4, 0.5) is 4.39 Å². The lowest BCUT2D eigenvalue weighted by molar-refractivity contribution is 0.141. The predicted molar refractivity (Wildman–Crippen MR) is 49.5 cm³/mol. The molecule has 1 aliphatic heterocycles. The SMILES string of the molecule is CN1CC[C@H](N)[C@@H](F)C1.Cl.Cl. The fraction of sp³-hybridized carbons (Fsp3) is 1.00. The van der Waals surface area contributed by atoms with E-state index in [0.717, 1.165) is 13.0 Å². The molecule has 0 radical (unpaired) electrons. The molecule has 1 heterocycles. The molecule has 11 heavy (non-hydrogen) atoms. The van der Waals surface area contributed by atoms with Crippen LogP contribution in [-0.2, 0) is 0 Å². The molecule has 0 aliphatic carbocycles. The van der Waals surface area contributed by atoms with Crippen LogP contribution in [0.2, 0.25) is 0 Å². The molecule has 0 bridgehead atoms. The number of likely N-dealkylation sites (tertiary alicyclic amines) is 1. The third-order valence-corrected chi connectivity index (χ3v) is 1.79. The van der Waals surface area contributed by atoms with Gasteiger partial charge in [-0.2, -0.15) is 0 Å². The van der Waals surface area contributed by atoms with Crippen molar-refractivity contribution in [2.24, 2.45) is 5.73 Å². The van der Waals surface area contributed by atoms with Crippen molar-refractivity contribution in [2.75, 3.05) is 20.1 Å². The number of alkyl halides is 1. The Kier molecular flexibility index (Phi) is 7.63. The van der Waals surface area contributed by atoms with E-state index in [0.29, 0.717) is 6.54 Å². The minimum Gasteiger partial charge on any atom is -0.325 e. The normalized spacial score (nSPS) is 31.9. The summed E-state index contributed by atoms with van der Waals surface area (Å²) >= 11 is 0. The Morgan fingerprint density at radius 2 is 2.00 bits per heavy atom. The summed E-state index contributed by atoms with van der Waals surface area (Å²) in [6.45, 7) is 1.43. The average molecular weight is 205 g/mol. The maximum Gasteiger partial charge on any atom is 0.128 e. The second-order valence-electron chi connectivity index (χ2n) is 2.73. The van der Waals surface area contributed by atoms with Crippen molar-refractivity contribution in [3.05, 3.63) is 0 Å². The molecule has 0 aromatic carbocycles. The molecule has 5 heteroatoms. The molecule has 1 saturated heterocycles. The van der Waals surface area contributed by atoms with E-state index in [9.17, 15) is 4.39 Å². The monoisotopic (exact) mass is 204 g/mol. The summed E-state index contributed by atoms with van der Waals surface area (Å²) in [5.74, 6) is 0. The summed E-state index contributed by atoms with van der Waals surface area (Å²) in [6.07, 6.45) is -0.0266. The molecule has 2 N–H and O–H groups in total. The standard InChI is InChI=1S/C6H13FN2.2ClH/c1-9-3-2-6(8)5(7)4-9;;/h5-6H,2-4,8H2,1H3;2*1H/t5-,6-;;/m0../s1. The van der Waals surface area contributed by atoms with Gasteiger partial charge in [-0.05, 0) is 20.0 Å². The number of halogens is 3. The number of hydrogen-bond acceptors (Lipinski definition) is 2. The van der Waals surface area contributed by atoms with E-state index < -0.39 is 6.17 Å². The molecular formula is C6H15Cl2FN2. The first kappa shape index (κ1) is 14.0. The van der Waals surface area contributed by atoms with Crippen molar-refractivity contribution in [1.29, 1.82) is 0 Å². The molecule has 0 spiro atoms. The van der Waals surface area contributed by atoms with Gasteiger partial charge in [-0.25, -0.2) is 4.39 Å². The van der Waals surface area contributed by atoms with Gasteiger partial charge in [0.15, 0.2) is 0 Å². The van der Waals surface area contributed by atoms with E-state index in [-0.39, 0.29) is 30.9 Å². The molecule has 1 rings (SSSR count). The van der Waals surface area contributed by atoms with E-state index in [1.54, 1.807) is 0 Å². The average Bonchev–Trinajstić information content (AvgIpc) is 1.80. The predicted octanol–water partition coefficient (Wildman–Crippen LogP) is 0.831. The van der Waals surface area contributed by atoms with E-state index >= 15 is 0 Å². The van der Waals surface area contributed by atoms with Gasteiger partial charge in [0.05, 0.1) is 0 Å². The Morgan fingerprint density at radius 1 is 1.45 bits per heavy atom. The lowest BCUT2D eigenvalue weighted by atomic mass is 10.1. The molecule has 0 saturated carbocycles. The Balaban J connectivity index is 0. The van der Waals surface area contributed by atoms with Crippen molar-refractivity contribution < 1.29 is 4.39 Å². The highest BCUT2D eigenvalue weighted by Gasteiger charge is 2.23. The van der Waals surface area contributed by atoms with Crippen LogP contribution in [0.1, 0.15) is 6.42 Å². The first-order chi connectivity index (χ1) is 4.20. The first-order valence-corrected chi connectivity index (χ1v) is 3.28. The Hall–Kier alpha value is 0.430. The summed E-state index contributed by atoms with van der Waals surface area (Å²) in [6, 6.07) is -0.221. The lowest BCUT2D eigenvalue weighted by Gasteiger charge is -2.29. The van der Waals surface area contributed by atoms with Crippen LogP contribution in [0.3, 0.4) is 0 Å². The van der Waals surface area contributed by atoms with Gasteiger partial charge < -0.3 is 10.6 Å². The van der Waals surface area contributed by atoms with Crippen LogP contribution in [0.25, 0.3) is 0 Å². The molecular weight excluding hydrogens is 190 g/mol. The number of nitrogens with zero attached hydrogens (tertiary/aromatic N) is 1. The van der Waals surface area contributed by atoms with Crippen molar-refractivity contribution in [3.63, 3.8) is 0 Å². The van der Waals surface area contributed by atoms with E-state index in [1.807, 2.05) is 11.9 Å². The summed E-state index contributed by atoms with van der Waals surface area (Å²) < 4.78 is 12.7. The third kappa shape index (κ3) is 4.11. The van der Waals surface area contributed by atoms with Crippen LogP contribution >= 0.6 is 24.8 Å². The molecule has 1 aliphatic rings. The molecule has 0 aromatic heterocycles. The second kappa shape index (κ2) is 6.00. The fourth-order valence-electron chi connectivity index (χ4n) is 1.07. The highest BCUT2D eigenvalue weighted by atomic mass is 35.5. The zero-order valence-corrected chi connectivity index (χ0v) is 8.13. The third-order valence-electron chi connectivity index (χ3n) is 1.79. The van der Waals surface area contributed by atoms with E-state index in [2.05, 4.69) is 0 Å². The molecule has 2 nitrogen and oxygen atoms in total. The van der Waals surface area contributed by atoms with Gasteiger partial charge in [-0.1, -0.05) is 0 Å². The number of hydrogen-bond donors (Lipinski definition) is 1. The van der Waals surface area contributed by atoms with Crippen molar-refractivity contribution >= 4 is 24.8 Å². The number of nitrogens with two attached hydrogens (primary N) is 1. The van der Waals surface area contributed by atoms with E-state index in [4.69, 9.17) is 5.73 Å². The molecule has 0 amide bonds. The van der Waals surface area contributed by atoms with Crippen LogP contribution in [0.15, 0.2) is 0 Å². The minimum absolute atomic E-state index is 0. The largest absolute Gasteiger partial charge is 0.325 e. The van der Waals surface area contributed by atoms with Gasteiger partial charge in [0, 0.05) is 12.6 Å². The highest BCUT2D eigenvalue weighted by molar-refractivity contribution is 5.85. The second-order valence-corrected chi connectivity index (χ2v) is 2.73. The maximum absolute atomic E-state index is 12.7. The van der Waals surface area contributed by atoms with Gasteiger partial charge in [-0.3, -0.25) is 0 Å².